The largest absolute Gasteiger partial charge is 0.459 e. The van der Waals surface area contributed by atoms with Crippen molar-refractivity contribution in [2.24, 2.45) is 0 Å². The lowest BCUT2D eigenvalue weighted by atomic mass is 10.2. The van der Waals surface area contributed by atoms with Gasteiger partial charge in [-0.3, -0.25) is 9.69 Å². The van der Waals surface area contributed by atoms with Crippen molar-refractivity contribution in [1.82, 2.24) is 4.90 Å². The zero-order valence-corrected chi connectivity index (χ0v) is 11.5. The standard InChI is InChI=1S/C12H25NO4/c1-10(11(15)17-12(2,3)4)13(6-8-14)7-9-16-5/h10,14H,6-9H2,1-5H3. The fourth-order valence-corrected chi connectivity index (χ4v) is 1.37. The van der Waals surface area contributed by atoms with Crippen LogP contribution >= 0.6 is 0 Å². The van der Waals surface area contributed by atoms with Gasteiger partial charge in [0.2, 0.25) is 0 Å². The Labute approximate surface area is 104 Å². The Morgan fingerprint density at radius 2 is 1.94 bits per heavy atom. The highest BCUT2D eigenvalue weighted by atomic mass is 16.6. The number of ether oxygens (including phenoxy) is 2. The number of aliphatic hydroxyl groups is 1. The maximum absolute atomic E-state index is 11.9. The fourth-order valence-electron chi connectivity index (χ4n) is 1.37. The van der Waals surface area contributed by atoms with Gasteiger partial charge < -0.3 is 14.6 Å². The number of carbonyl (C=O) groups excluding carboxylic acids is 1. The first-order chi connectivity index (χ1) is 7.81. The maximum Gasteiger partial charge on any atom is 0.323 e. The number of esters is 1. The highest BCUT2D eigenvalue weighted by Gasteiger charge is 2.26. The minimum atomic E-state index is -0.489. The molecule has 0 fully saturated rings. The van der Waals surface area contributed by atoms with E-state index < -0.39 is 5.60 Å². The van der Waals surface area contributed by atoms with Gasteiger partial charge in [0.1, 0.15) is 11.6 Å². The quantitative estimate of drug-likeness (QED) is 0.670. The van der Waals surface area contributed by atoms with Crippen LogP contribution in [0.1, 0.15) is 27.7 Å². The van der Waals surface area contributed by atoms with Gasteiger partial charge in [-0.1, -0.05) is 0 Å². The number of rotatable bonds is 7. The summed E-state index contributed by atoms with van der Waals surface area (Å²) < 4.78 is 10.3. The SMILES string of the molecule is COCCN(CCO)C(C)C(=O)OC(C)(C)C. The molecule has 0 radical (unpaired) electrons. The summed E-state index contributed by atoms with van der Waals surface area (Å²) in [6.45, 7) is 8.85. The molecular weight excluding hydrogens is 222 g/mol. The molecule has 0 aromatic rings. The second-order valence-corrected chi connectivity index (χ2v) is 4.96. The molecule has 0 amide bonds. The summed E-state index contributed by atoms with van der Waals surface area (Å²) in [5, 5.41) is 8.96. The van der Waals surface area contributed by atoms with E-state index in [0.717, 1.165) is 0 Å². The summed E-state index contributed by atoms with van der Waals surface area (Å²) in [6.07, 6.45) is 0. The van der Waals surface area contributed by atoms with E-state index in [1.165, 1.54) is 0 Å². The van der Waals surface area contributed by atoms with Gasteiger partial charge in [0.05, 0.1) is 13.2 Å². The topological polar surface area (TPSA) is 59.0 Å². The summed E-state index contributed by atoms with van der Waals surface area (Å²) in [4.78, 5) is 13.7. The molecule has 5 heteroatoms. The molecular formula is C12H25NO4. The smallest absolute Gasteiger partial charge is 0.323 e. The predicted octanol–water partition coefficient (Wildman–Crippen LogP) is 0.657. The number of aliphatic hydroxyl groups excluding tert-OH is 1. The Balaban J connectivity index is 4.37. The van der Waals surface area contributed by atoms with E-state index in [1.807, 2.05) is 25.7 Å². The van der Waals surface area contributed by atoms with Crippen LogP contribution in [0.2, 0.25) is 0 Å². The summed E-state index contributed by atoms with van der Waals surface area (Å²) in [6, 6.07) is -0.378. The van der Waals surface area contributed by atoms with Crippen LogP contribution in [0.5, 0.6) is 0 Å². The molecule has 1 unspecified atom stereocenters. The molecule has 0 saturated heterocycles. The number of carbonyl (C=O) groups is 1. The predicted molar refractivity (Wildman–Crippen MR) is 65.8 cm³/mol. The van der Waals surface area contributed by atoms with Crippen LogP contribution in [0.4, 0.5) is 0 Å². The summed E-state index contributed by atoms with van der Waals surface area (Å²) in [7, 11) is 1.61. The van der Waals surface area contributed by atoms with Crippen molar-refractivity contribution in [1.29, 1.82) is 0 Å². The lowest BCUT2D eigenvalue weighted by Gasteiger charge is -2.29. The molecule has 0 bridgehead atoms. The zero-order chi connectivity index (χ0) is 13.5. The molecule has 0 aliphatic rings. The van der Waals surface area contributed by atoms with E-state index in [-0.39, 0.29) is 18.6 Å². The Hall–Kier alpha value is -0.650. The van der Waals surface area contributed by atoms with Gasteiger partial charge in [-0.2, -0.15) is 0 Å². The van der Waals surface area contributed by atoms with Crippen LogP contribution in [0.3, 0.4) is 0 Å². The van der Waals surface area contributed by atoms with Gasteiger partial charge in [0.25, 0.3) is 0 Å². The van der Waals surface area contributed by atoms with Gasteiger partial charge in [-0.25, -0.2) is 0 Å². The lowest BCUT2D eigenvalue weighted by Crippen LogP contribution is -2.45. The molecule has 5 nitrogen and oxygen atoms in total. The van der Waals surface area contributed by atoms with Gasteiger partial charge in [-0.15, -0.1) is 0 Å². The minimum absolute atomic E-state index is 0.0108. The van der Waals surface area contributed by atoms with Gasteiger partial charge >= 0.3 is 5.97 Å². The number of nitrogens with zero attached hydrogens (tertiary/aromatic N) is 1. The van der Waals surface area contributed by atoms with Crippen LogP contribution in [-0.4, -0.2) is 61.0 Å². The van der Waals surface area contributed by atoms with Crippen LogP contribution in [-0.2, 0) is 14.3 Å². The molecule has 0 saturated carbocycles. The van der Waals surface area contributed by atoms with Crippen molar-refractivity contribution < 1.29 is 19.4 Å². The van der Waals surface area contributed by atoms with Crippen LogP contribution in [0.25, 0.3) is 0 Å². The molecule has 0 aliphatic heterocycles. The first kappa shape index (κ1) is 16.4. The zero-order valence-electron chi connectivity index (χ0n) is 11.5. The first-order valence-corrected chi connectivity index (χ1v) is 5.88. The van der Waals surface area contributed by atoms with E-state index in [2.05, 4.69) is 0 Å². The van der Waals surface area contributed by atoms with Crippen molar-refractivity contribution in [3.8, 4) is 0 Å². The third-order valence-corrected chi connectivity index (χ3v) is 2.27. The van der Waals surface area contributed by atoms with E-state index in [9.17, 15) is 4.79 Å². The van der Waals surface area contributed by atoms with Crippen LogP contribution < -0.4 is 0 Å². The molecule has 0 heterocycles. The summed E-state index contributed by atoms with van der Waals surface area (Å²) in [5.41, 5.74) is -0.489. The molecule has 17 heavy (non-hydrogen) atoms. The van der Waals surface area contributed by atoms with Crippen molar-refractivity contribution in [3.05, 3.63) is 0 Å². The van der Waals surface area contributed by atoms with Crippen LogP contribution in [0.15, 0.2) is 0 Å². The Morgan fingerprint density at radius 1 is 1.35 bits per heavy atom. The monoisotopic (exact) mass is 247 g/mol. The summed E-state index contributed by atoms with van der Waals surface area (Å²) >= 11 is 0. The van der Waals surface area contributed by atoms with Crippen molar-refractivity contribution >= 4 is 5.97 Å². The third kappa shape index (κ3) is 7.31. The number of hydrogen-bond donors (Lipinski definition) is 1. The Morgan fingerprint density at radius 3 is 2.35 bits per heavy atom. The van der Waals surface area contributed by atoms with Crippen LogP contribution in [0, 0.1) is 0 Å². The van der Waals surface area contributed by atoms with Crippen molar-refractivity contribution in [3.63, 3.8) is 0 Å². The Kier molecular flexibility index (Phi) is 7.34. The highest BCUT2D eigenvalue weighted by molar-refractivity contribution is 5.75. The van der Waals surface area contributed by atoms with Gasteiger partial charge in [0.15, 0.2) is 0 Å². The molecule has 0 spiro atoms. The molecule has 0 rings (SSSR count). The molecule has 0 aliphatic carbocycles. The van der Waals surface area contributed by atoms with E-state index in [0.29, 0.717) is 19.7 Å². The molecule has 0 aromatic carbocycles. The van der Waals surface area contributed by atoms with E-state index in [4.69, 9.17) is 14.6 Å². The Bertz CT molecular complexity index is 225. The minimum Gasteiger partial charge on any atom is -0.459 e. The molecule has 102 valence electrons. The first-order valence-electron chi connectivity index (χ1n) is 5.88. The molecule has 1 atom stereocenters. The van der Waals surface area contributed by atoms with E-state index >= 15 is 0 Å². The second-order valence-electron chi connectivity index (χ2n) is 4.96. The van der Waals surface area contributed by atoms with Gasteiger partial charge in [-0.05, 0) is 27.7 Å². The average Bonchev–Trinajstić information content (AvgIpc) is 2.20. The van der Waals surface area contributed by atoms with Crippen molar-refractivity contribution in [2.45, 2.75) is 39.3 Å². The van der Waals surface area contributed by atoms with Crippen molar-refractivity contribution in [2.75, 3.05) is 33.4 Å². The highest BCUT2D eigenvalue weighted by Crippen LogP contribution is 2.11. The molecule has 0 aromatic heterocycles. The van der Waals surface area contributed by atoms with Gasteiger partial charge in [0, 0.05) is 20.2 Å². The third-order valence-electron chi connectivity index (χ3n) is 2.27. The average molecular weight is 247 g/mol. The molecule has 1 N–H and O–H groups in total. The normalized spacial score (nSPS) is 13.8. The fraction of sp³-hybridized carbons (Fsp3) is 0.917. The second kappa shape index (κ2) is 7.63. The summed E-state index contributed by atoms with van der Waals surface area (Å²) in [5.74, 6) is -0.276. The lowest BCUT2D eigenvalue weighted by molar-refractivity contribution is -0.161. The number of hydrogen-bond acceptors (Lipinski definition) is 5. The number of methoxy groups -OCH3 is 1. The van der Waals surface area contributed by atoms with E-state index in [1.54, 1.807) is 14.0 Å². The maximum atomic E-state index is 11.9.